The normalized spacial score (nSPS) is 15.1. The van der Waals surface area contributed by atoms with Gasteiger partial charge >= 0.3 is 6.18 Å². The van der Waals surface area contributed by atoms with E-state index in [1.165, 1.54) is 6.92 Å². The van der Waals surface area contributed by atoms with Crippen LogP contribution in [-0.2, 0) is 4.79 Å². The van der Waals surface area contributed by atoms with Crippen LogP contribution in [0.5, 0.6) is 0 Å². The summed E-state index contributed by atoms with van der Waals surface area (Å²) in [5, 5.41) is 1.76. The van der Waals surface area contributed by atoms with Crippen molar-refractivity contribution in [2.45, 2.75) is 38.4 Å². The van der Waals surface area contributed by atoms with E-state index in [2.05, 4.69) is 0 Å². The van der Waals surface area contributed by atoms with Gasteiger partial charge in [-0.3, -0.25) is 4.79 Å². The molecule has 1 unspecified atom stereocenters. The first kappa shape index (κ1) is 16.9. The van der Waals surface area contributed by atoms with Crippen molar-refractivity contribution in [1.29, 1.82) is 0 Å². The standard InChI is InChI=1S/C8H15F3N2O.ClH/c1-3-4-7(2,12)6(14)13-5-8(9,10)11;/h3-5,12H2,1-2H3,(H,13,14);1H. The molecule has 1 amide bonds. The lowest BCUT2D eigenvalue weighted by Crippen LogP contribution is -2.53. The van der Waals surface area contributed by atoms with Crippen LogP contribution in [0.3, 0.4) is 0 Å². The van der Waals surface area contributed by atoms with E-state index in [0.717, 1.165) is 0 Å². The van der Waals surface area contributed by atoms with Gasteiger partial charge in [-0.05, 0) is 13.3 Å². The van der Waals surface area contributed by atoms with Crippen molar-refractivity contribution in [1.82, 2.24) is 5.32 Å². The third-order valence-electron chi connectivity index (χ3n) is 1.74. The first-order chi connectivity index (χ1) is 6.19. The van der Waals surface area contributed by atoms with E-state index in [4.69, 9.17) is 5.73 Å². The highest BCUT2D eigenvalue weighted by molar-refractivity contribution is 5.85. The summed E-state index contributed by atoms with van der Waals surface area (Å²) in [7, 11) is 0. The number of amides is 1. The molecule has 0 aromatic heterocycles. The molecule has 0 rings (SSSR count). The third-order valence-corrected chi connectivity index (χ3v) is 1.74. The molecule has 0 saturated heterocycles. The van der Waals surface area contributed by atoms with Crippen LogP contribution in [0.1, 0.15) is 26.7 Å². The van der Waals surface area contributed by atoms with E-state index in [1.54, 1.807) is 5.32 Å². The Balaban J connectivity index is 0. The Bertz CT molecular complexity index is 207. The first-order valence-corrected chi connectivity index (χ1v) is 4.33. The summed E-state index contributed by atoms with van der Waals surface area (Å²) in [5.41, 5.74) is 4.30. The van der Waals surface area contributed by atoms with Crippen LogP contribution in [0.4, 0.5) is 13.2 Å². The molecule has 0 aliphatic carbocycles. The molecular formula is C8H16ClF3N2O. The summed E-state index contributed by atoms with van der Waals surface area (Å²) < 4.78 is 35.2. The average Bonchev–Trinajstić information content (AvgIpc) is 1.98. The fourth-order valence-corrected chi connectivity index (χ4v) is 1.02. The number of nitrogens with two attached hydrogens (primary N) is 1. The molecule has 92 valence electrons. The summed E-state index contributed by atoms with van der Waals surface area (Å²) in [6.07, 6.45) is -3.39. The summed E-state index contributed by atoms with van der Waals surface area (Å²) >= 11 is 0. The highest BCUT2D eigenvalue weighted by Gasteiger charge is 2.32. The van der Waals surface area contributed by atoms with Gasteiger partial charge in [-0.25, -0.2) is 0 Å². The van der Waals surface area contributed by atoms with Gasteiger partial charge in [0.15, 0.2) is 0 Å². The molecule has 0 saturated carbocycles. The Morgan fingerprint density at radius 1 is 1.40 bits per heavy atom. The molecule has 7 heteroatoms. The number of rotatable bonds is 4. The Hall–Kier alpha value is -0.490. The Morgan fingerprint density at radius 2 is 1.87 bits per heavy atom. The zero-order valence-corrected chi connectivity index (χ0v) is 9.47. The minimum absolute atomic E-state index is 0. The van der Waals surface area contributed by atoms with Gasteiger partial charge in [0.2, 0.25) is 5.91 Å². The molecule has 0 spiro atoms. The van der Waals surface area contributed by atoms with Gasteiger partial charge in [-0.15, -0.1) is 12.4 Å². The average molecular weight is 249 g/mol. The van der Waals surface area contributed by atoms with Gasteiger partial charge < -0.3 is 11.1 Å². The van der Waals surface area contributed by atoms with Crippen molar-refractivity contribution < 1.29 is 18.0 Å². The zero-order chi connectivity index (χ0) is 11.4. The number of nitrogens with one attached hydrogen (secondary N) is 1. The van der Waals surface area contributed by atoms with Crippen LogP contribution < -0.4 is 11.1 Å². The van der Waals surface area contributed by atoms with E-state index in [-0.39, 0.29) is 12.4 Å². The molecule has 15 heavy (non-hydrogen) atoms. The van der Waals surface area contributed by atoms with Crippen molar-refractivity contribution in [3.05, 3.63) is 0 Å². The fraction of sp³-hybridized carbons (Fsp3) is 0.875. The fourth-order valence-electron chi connectivity index (χ4n) is 1.02. The van der Waals surface area contributed by atoms with E-state index >= 15 is 0 Å². The molecule has 0 fully saturated rings. The zero-order valence-electron chi connectivity index (χ0n) is 8.65. The highest BCUT2D eigenvalue weighted by atomic mass is 35.5. The SMILES string of the molecule is CCCC(C)(N)C(=O)NCC(F)(F)F.Cl. The van der Waals surface area contributed by atoms with Gasteiger partial charge in [-0.2, -0.15) is 13.2 Å². The van der Waals surface area contributed by atoms with Gasteiger partial charge in [0.05, 0.1) is 5.54 Å². The minimum Gasteiger partial charge on any atom is -0.345 e. The van der Waals surface area contributed by atoms with Crippen LogP contribution in [-0.4, -0.2) is 24.2 Å². The molecule has 0 aromatic carbocycles. The van der Waals surface area contributed by atoms with Gasteiger partial charge in [0, 0.05) is 0 Å². The van der Waals surface area contributed by atoms with Crippen molar-refractivity contribution in [2.75, 3.05) is 6.54 Å². The van der Waals surface area contributed by atoms with Crippen LogP contribution in [0.2, 0.25) is 0 Å². The molecule has 3 N–H and O–H groups in total. The van der Waals surface area contributed by atoms with Gasteiger partial charge in [0.25, 0.3) is 0 Å². The molecule has 0 bridgehead atoms. The lowest BCUT2D eigenvalue weighted by molar-refractivity contribution is -0.141. The Morgan fingerprint density at radius 3 is 2.20 bits per heavy atom. The van der Waals surface area contributed by atoms with Crippen LogP contribution >= 0.6 is 12.4 Å². The van der Waals surface area contributed by atoms with Gasteiger partial charge in [-0.1, -0.05) is 13.3 Å². The molecule has 0 aliphatic heterocycles. The lowest BCUT2D eigenvalue weighted by Gasteiger charge is -2.23. The van der Waals surface area contributed by atoms with Crippen LogP contribution in [0.15, 0.2) is 0 Å². The summed E-state index contributed by atoms with van der Waals surface area (Å²) in [6, 6.07) is 0. The molecule has 0 radical (unpaired) electrons. The Labute approximate surface area is 93.0 Å². The summed E-state index contributed by atoms with van der Waals surface area (Å²) in [6.45, 7) is 1.90. The monoisotopic (exact) mass is 248 g/mol. The number of hydrogen-bond donors (Lipinski definition) is 2. The van der Waals surface area contributed by atoms with Crippen molar-refractivity contribution in [2.24, 2.45) is 5.73 Å². The number of halogens is 4. The molecule has 1 atom stereocenters. The third kappa shape index (κ3) is 7.44. The van der Waals surface area contributed by atoms with Gasteiger partial charge in [0.1, 0.15) is 6.54 Å². The maximum Gasteiger partial charge on any atom is 0.405 e. The largest absolute Gasteiger partial charge is 0.405 e. The van der Waals surface area contributed by atoms with Crippen molar-refractivity contribution >= 4 is 18.3 Å². The minimum atomic E-state index is -4.39. The number of carbonyl (C=O) groups excluding carboxylic acids is 1. The van der Waals surface area contributed by atoms with E-state index in [0.29, 0.717) is 12.8 Å². The van der Waals surface area contributed by atoms with Crippen LogP contribution in [0.25, 0.3) is 0 Å². The number of hydrogen-bond acceptors (Lipinski definition) is 2. The van der Waals surface area contributed by atoms with E-state index in [1.807, 2.05) is 6.92 Å². The van der Waals surface area contributed by atoms with Crippen LogP contribution in [0, 0.1) is 0 Å². The predicted molar refractivity (Wildman–Crippen MR) is 53.8 cm³/mol. The number of carbonyl (C=O) groups is 1. The predicted octanol–water partition coefficient (Wildman–Crippen LogP) is 1.60. The van der Waals surface area contributed by atoms with E-state index in [9.17, 15) is 18.0 Å². The number of alkyl halides is 3. The second kappa shape index (κ2) is 6.17. The smallest absolute Gasteiger partial charge is 0.345 e. The first-order valence-electron chi connectivity index (χ1n) is 4.33. The topological polar surface area (TPSA) is 55.1 Å². The molecule has 0 aromatic rings. The molecule has 3 nitrogen and oxygen atoms in total. The summed E-state index contributed by atoms with van der Waals surface area (Å²) in [5.74, 6) is -0.767. The Kier molecular flexibility index (Phi) is 6.96. The lowest BCUT2D eigenvalue weighted by atomic mass is 9.97. The van der Waals surface area contributed by atoms with E-state index < -0.39 is 24.2 Å². The summed E-state index contributed by atoms with van der Waals surface area (Å²) in [4.78, 5) is 11.2. The quantitative estimate of drug-likeness (QED) is 0.794. The molecular weight excluding hydrogens is 233 g/mol. The maximum absolute atomic E-state index is 11.7. The second-order valence-electron chi connectivity index (χ2n) is 3.47. The second-order valence-corrected chi connectivity index (χ2v) is 3.47. The highest BCUT2D eigenvalue weighted by Crippen LogP contribution is 2.14. The molecule has 0 aliphatic rings. The van der Waals surface area contributed by atoms with Crippen molar-refractivity contribution in [3.8, 4) is 0 Å². The molecule has 0 heterocycles. The van der Waals surface area contributed by atoms with Crippen molar-refractivity contribution in [3.63, 3.8) is 0 Å². The maximum atomic E-state index is 11.7.